The number of sulfonamides is 2. The van der Waals surface area contributed by atoms with Crippen molar-refractivity contribution in [3.63, 3.8) is 0 Å². The van der Waals surface area contributed by atoms with Gasteiger partial charge in [0, 0.05) is 20.0 Å². The van der Waals surface area contributed by atoms with Gasteiger partial charge in [-0.25, -0.2) is 16.8 Å². The van der Waals surface area contributed by atoms with Gasteiger partial charge in [-0.3, -0.25) is 10.2 Å². The van der Waals surface area contributed by atoms with Crippen LogP contribution in [0.25, 0.3) is 0 Å². The second-order valence-corrected chi connectivity index (χ2v) is 7.97. The van der Waals surface area contributed by atoms with Crippen LogP contribution in [0.2, 0.25) is 0 Å². The predicted molar refractivity (Wildman–Crippen MR) is 80.7 cm³/mol. The van der Waals surface area contributed by atoms with E-state index in [1.807, 2.05) is 10.3 Å². The highest BCUT2D eigenvalue weighted by molar-refractivity contribution is 7.89. The van der Waals surface area contributed by atoms with Crippen molar-refractivity contribution < 1.29 is 21.6 Å². The summed E-state index contributed by atoms with van der Waals surface area (Å²) in [5, 5.41) is 0. The van der Waals surface area contributed by atoms with E-state index < -0.39 is 26.0 Å². The van der Waals surface area contributed by atoms with E-state index in [1.165, 1.54) is 28.6 Å². The number of benzene rings is 1. The summed E-state index contributed by atoms with van der Waals surface area (Å²) in [6.07, 6.45) is 0. The van der Waals surface area contributed by atoms with Gasteiger partial charge in [0.1, 0.15) is 0 Å². The molecular formula is C12H19N3O5S2. The van der Waals surface area contributed by atoms with Crippen LogP contribution in [0.3, 0.4) is 0 Å². The molecular weight excluding hydrogens is 330 g/mol. The quantitative estimate of drug-likeness (QED) is 0.675. The van der Waals surface area contributed by atoms with Crippen LogP contribution in [0.15, 0.2) is 34.1 Å². The molecule has 1 aromatic carbocycles. The Hall–Kier alpha value is -1.49. The molecule has 1 amide bonds. The zero-order chi connectivity index (χ0) is 17.0. The van der Waals surface area contributed by atoms with Gasteiger partial charge in [-0.15, -0.1) is 4.83 Å². The molecule has 0 aliphatic carbocycles. The maximum Gasteiger partial charge on any atom is 0.257 e. The molecule has 1 aromatic rings. The van der Waals surface area contributed by atoms with Gasteiger partial charge in [0.25, 0.3) is 10.0 Å². The van der Waals surface area contributed by atoms with Crippen molar-refractivity contribution in [1.29, 1.82) is 0 Å². The summed E-state index contributed by atoms with van der Waals surface area (Å²) in [6.45, 7) is 5.24. The number of carbonyl (C=O) groups is 1. The second kappa shape index (κ2) is 7.18. The van der Waals surface area contributed by atoms with Crippen LogP contribution in [0.1, 0.15) is 20.8 Å². The lowest BCUT2D eigenvalue weighted by molar-refractivity contribution is -0.119. The topological polar surface area (TPSA) is 113 Å². The maximum absolute atomic E-state index is 12.3. The highest BCUT2D eigenvalue weighted by Crippen LogP contribution is 2.18. The lowest BCUT2D eigenvalue weighted by Crippen LogP contribution is -2.40. The maximum atomic E-state index is 12.3. The molecule has 0 saturated heterocycles. The number of hydrogen-bond donors (Lipinski definition) is 2. The monoisotopic (exact) mass is 349 g/mol. The van der Waals surface area contributed by atoms with E-state index in [0.29, 0.717) is 13.1 Å². The fourth-order valence-corrected chi connectivity index (χ4v) is 4.05. The van der Waals surface area contributed by atoms with Gasteiger partial charge in [0.15, 0.2) is 0 Å². The first kappa shape index (κ1) is 18.6. The van der Waals surface area contributed by atoms with Crippen molar-refractivity contribution in [2.75, 3.05) is 13.1 Å². The number of nitrogens with zero attached hydrogens (tertiary/aromatic N) is 1. The number of amides is 1. The SMILES string of the molecule is CCN(CC)S(=O)(=O)c1ccc(S(=O)(=O)NNC(C)=O)cc1. The third-order valence-electron chi connectivity index (χ3n) is 2.84. The predicted octanol–water partition coefficient (Wildman–Crippen LogP) is 0.0465. The molecule has 10 heteroatoms. The minimum atomic E-state index is -3.94. The van der Waals surface area contributed by atoms with Crippen molar-refractivity contribution in [3.05, 3.63) is 24.3 Å². The molecule has 0 heterocycles. The summed E-state index contributed by atoms with van der Waals surface area (Å²) in [6, 6.07) is 4.77. The van der Waals surface area contributed by atoms with Crippen LogP contribution < -0.4 is 10.3 Å². The summed E-state index contributed by atoms with van der Waals surface area (Å²) in [5.41, 5.74) is 1.96. The Morgan fingerprint density at radius 3 is 1.86 bits per heavy atom. The normalized spacial score (nSPS) is 12.4. The molecule has 0 spiro atoms. The summed E-state index contributed by atoms with van der Waals surface area (Å²) < 4.78 is 49.5. The molecule has 0 bridgehead atoms. The van der Waals surface area contributed by atoms with E-state index in [-0.39, 0.29) is 9.79 Å². The Morgan fingerprint density at radius 2 is 1.45 bits per heavy atom. The molecule has 0 unspecified atom stereocenters. The van der Waals surface area contributed by atoms with Gasteiger partial charge < -0.3 is 0 Å². The van der Waals surface area contributed by atoms with Crippen molar-refractivity contribution in [3.8, 4) is 0 Å². The number of hydrogen-bond acceptors (Lipinski definition) is 5. The second-order valence-electron chi connectivity index (χ2n) is 4.35. The zero-order valence-corrected chi connectivity index (χ0v) is 14.2. The number of rotatable bonds is 7. The number of carbonyl (C=O) groups excluding carboxylic acids is 1. The first-order chi connectivity index (χ1) is 10.1. The van der Waals surface area contributed by atoms with Crippen LogP contribution in [0.5, 0.6) is 0 Å². The molecule has 8 nitrogen and oxygen atoms in total. The molecule has 22 heavy (non-hydrogen) atoms. The van der Waals surface area contributed by atoms with Crippen LogP contribution in [0.4, 0.5) is 0 Å². The summed E-state index contributed by atoms with van der Waals surface area (Å²) >= 11 is 0. The molecule has 0 saturated carbocycles. The Bertz CT molecular complexity index is 723. The van der Waals surface area contributed by atoms with E-state index in [2.05, 4.69) is 0 Å². The smallest absolute Gasteiger partial charge is 0.257 e. The number of nitrogens with one attached hydrogen (secondary N) is 2. The highest BCUT2D eigenvalue weighted by Gasteiger charge is 2.22. The molecule has 124 valence electrons. The molecule has 0 radical (unpaired) electrons. The average Bonchev–Trinajstić information content (AvgIpc) is 2.46. The molecule has 0 aliphatic heterocycles. The Balaban J connectivity index is 3.08. The fourth-order valence-electron chi connectivity index (χ4n) is 1.70. The van der Waals surface area contributed by atoms with E-state index in [9.17, 15) is 21.6 Å². The van der Waals surface area contributed by atoms with Crippen LogP contribution in [-0.2, 0) is 24.8 Å². The first-order valence-electron chi connectivity index (χ1n) is 6.53. The van der Waals surface area contributed by atoms with Crippen molar-refractivity contribution >= 4 is 26.0 Å². The molecule has 2 N–H and O–H groups in total. The standard InChI is InChI=1S/C12H19N3O5S2/c1-4-15(5-2)22(19,20)12-8-6-11(7-9-12)21(17,18)14-13-10(3)16/h6-9,14H,4-5H2,1-3H3,(H,13,16). The van der Waals surface area contributed by atoms with Gasteiger partial charge in [-0.1, -0.05) is 13.8 Å². The lowest BCUT2D eigenvalue weighted by Gasteiger charge is -2.18. The van der Waals surface area contributed by atoms with Crippen molar-refractivity contribution in [1.82, 2.24) is 14.6 Å². The number of hydrazine groups is 1. The molecule has 0 aliphatic rings. The first-order valence-corrected chi connectivity index (χ1v) is 9.46. The van der Waals surface area contributed by atoms with Crippen LogP contribution >= 0.6 is 0 Å². The zero-order valence-electron chi connectivity index (χ0n) is 12.5. The Labute approximate surface area is 130 Å². The highest BCUT2D eigenvalue weighted by atomic mass is 32.2. The fraction of sp³-hybridized carbons (Fsp3) is 0.417. The largest absolute Gasteiger partial charge is 0.278 e. The van der Waals surface area contributed by atoms with Gasteiger partial charge in [-0.2, -0.15) is 4.31 Å². The van der Waals surface area contributed by atoms with Gasteiger partial charge in [0.2, 0.25) is 15.9 Å². The van der Waals surface area contributed by atoms with E-state index >= 15 is 0 Å². The van der Waals surface area contributed by atoms with Gasteiger partial charge in [0.05, 0.1) is 9.79 Å². The third kappa shape index (κ3) is 4.26. The molecule has 0 fully saturated rings. The Morgan fingerprint density at radius 1 is 1.00 bits per heavy atom. The minimum Gasteiger partial charge on any atom is -0.278 e. The summed E-state index contributed by atoms with van der Waals surface area (Å²) in [4.78, 5) is 12.5. The van der Waals surface area contributed by atoms with Crippen LogP contribution in [-0.4, -0.2) is 40.1 Å². The van der Waals surface area contributed by atoms with Crippen LogP contribution in [0, 0.1) is 0 Å². The summed E-state index contributed by atoms with van der Waals surface area (Å²) in [5.74, 6) is -0.565. The lowest BCUT2D eigenvalue weighted by atomic mass is 10.4. The van der Waals surface area contributed by atoms with Gasteiger partial charge in [-0.05, 0) is 24.3 Å². The summed E-state index contributed by atoms with van der Waals surface area (Å²) in [7, 11) is -7.58. The van der Waals surface area contributed by atoms with E-state index in [0.717, 1.165) is 6.92 Å². The minimum absolute atomic E-state index is 0.00896. The molecule has 0 aromatic heterocycles. The van der Waals surface area contributed by atoms with Crippen molar-refractivity contribution in [2.24, 2.45) is 0 Å². The average molecular weight is 349 g/mol. The van der Waals surface area contributed by atoms with E-state index in [1.54, 1.807) is 13.8 Å². The van der Waals surface area contributed by atoms with E-state index in [4.69, 9.17) is 0 Å². The molecule has 1 rings (SSSR count). The third-order valence-corrected chi connectivity index (χ3v) is 6.17. The molecule has 0 atom stereocenters. The van der Waals surface area contributed by atoms with Crippen molar-refractivity contribution in [2.45, 2.75) is 30.6 Å². The van der Waals surface area contributed by atoms with Gasteiger partial charge >= 0.3 is 0 Å². The Kier molecular flexibility index (Phi) is 6.06.